The van der Waals surface area contributed by atoms with Crippen molar-refractivity contribution < 1.29 is 19.5 Å². The molecule has 0 aliphatic carbocycles. The van der Waals surface area contributed by atoms with Crippen LogP contribution in [-0.2, 0) is 16.4 Å². The molecule has 0 saturated carbocycles. The van der Waals surface area contributed by atoms with Gasteiger partial charge in [0, 0.05) is 6.16 Å². The van der Waals surface area contributed by atoms with Crippen molar-refractivity contribution in [2.24, 2.45) is 0 Å². The van der Waals surface area contributed by atoms with E-state index in [1.165, 1.54) is 0 Å². The first-order valence-electron chi connectivity index (χ1n) is 6.46. The molecule has 19 heavy (non-hydrogen) atoms. The van der Waals surface area contributed by atoms with Crippen LogP contribution in [0.3, 0.4) is 0 Å². The predicted octanol–water partition coefficient (Wildman–Crippen LogP) is 3.19. The molecule has 1 rings (SSSR count). The standard InChI is InChI=1S/C14H23O4P/c1-14(2,3)13-10-12(15)8-7-11(13)6-4-5-9-19(16,17)18/h7-8,10,15H,4-6,9H2,1-3H3,(H2,16,17,18). The summed E-state index contributed by atoms with van der Waals surface area (Å²) in [6.45, 7) is 6.25. The van der Waals surface area contributed by atoms with Gasteiger partial charge in [0.1, 0.15) is 5.75 Å². The molecular formula is C14H23O4P. The summed E-state index contributed by atoms with van der Waals surface area (Å²) >= 11 is 0. The molecular weight excluding hydrogens is 263 g/mol. The number of phenols is 1. The summed E-state index contributed by atoms with van der Waals surface area (Å²) in [6, 6.07) is 5.33. The van der Waals surface area contributed by atoms with Crippen LogP contribution < -0.4 is 0 Å². The van der Waals surface area contributed by atoms with Crippen LogP contribution >= 0.6 is 7.60 Å². The van der Waals surface area contributed by atoms with Gasteiger partial charge in [-0.1, -0.05) is 26.8 Å². The Bertz CT molecular complexity index is 471. The van der Waals surface area contributed by atoms with Crippen molar-refractivity contribution in [3.8, 4) is 5.75 Å². The Balaban J connectivity index is 2.71. The van der Waals surface area contributed by atoms with Crippen LogP contribution in [0.25, 0.3) is 0 Å². The van der Waals surface area contributed by atoms with Gasteiger partial charge in [-0.2, -0.15) is 0 Å². The number of benzene rings is 1. The zero-order valence-corrected chi connectivity index (χ0v) is 12.7. The summed E-state index contributed by atoms with van der Waals surface area (Å²) in [6.07, 6.45) is 1.95. The van der Waals surface area contributed by atoms with Gasteiger partial charge in [-0.05, 0) is 47.9 Å². The fourth-order valence-electron chi connectivity index (χ4n) is 2.11. The molecule has 0 aromatic heterocycles. The first-order valence-corrected chi connectivity index (χ1v) is 8.26. The highest BCUT2D eigenvalue weighted by Crippen LogP contribution is 2.36. The van der Waals surface area contributed by atoms with E-state index in [9.17, 15) is 9.67 Å². The highest BCUT2D eigenvalue weighted by Gasteiger charge is 2.18. The van der Waals surface area contributed by atoms with E-state index in [-0.39, 0.29) is 17.3 Å². The molecule has 0 aliphatic heterocycles. The van der Waals surface area contributed by atoms with Crippen molar-refractivity contribution in [3.63, 3.8) is 0 Å². The minimum Gasteiger partial charge on any atom is -0.508 e. The summed E-state index contributed by atoms with van der Waals surface area (Å²) in [5.74, 6) is 0.254. The summed E-state index contributed by atoms with van der Waals surface area (Å²) < 4.78 is 10.8. The highest BCUT2D eigenvalue weighted by atomic mass is 31.2. The van der Waals surface area contributed by atoms with Gasteiger partial charge < -0.3 is 14.9 Å². The van der Waals surface area contributed by atoms with Gasteiger partial charge in [-0.25, -0.2) is 0 Å². The van der Waals surface area contributed by atoms with E-state index in [0.29, 0.717) is 6.42 Å². The average Bonchev–Trinajstić information content (AvgIpc) is 2.23. The second kappa shape index (κ2) is 6.08. The number of hydrogen-bond acceptors (Lipinski definition) is 2. The Hall–Kier alpha value is -0.830. The van der Waals surface area contributed by atoms with Crippen LogP contribution in [0.5, 0.6) is 5.75 Å². The topological polar surface area (TPSA) is 77.8 Å². The monoisotopic (exact) mass is 286 g/mol. The largest absolute Gasteiger partial charge is 0.508 e. The maximum Gasteiger partial charge on any atom is 0.325 e. The van der Waals surface area contributed by atoms with Gasteiger partial charge in [-0.3, -0.25) is 4.57 Å². The molecule has 0 atom stereocenters. The SMILES string of the molecule is CC(C)(C)c1cc(O)ccc1CCCCP(=O)(O)O. The van der Waals surface area contributed by atoms with E-state index >= 15 is 0 Å². The van der Waals surface area contributed by atoms with Gasteiger partial charge in [0.05, 0.1) is 0 Å². The number of phenolic OH excluding ortho intramolecular Hbond substituents is 1. The molecule has 108 valence electrons. The zero-order valence-electron chi connectivity index (χ0n) is 11.8. The van der Waals surface area contributed by atoms with Gasteiger partial charge >= 0.3 is 7.60 Å². The minimum absolute atomic E-state index is 0.0582. The van der Waals surface area contributed by atoms with Crippen LogP contribution in [0.4, 0.5) is 0 Å². The molecule has 0 saturated heterocycles. The first-order chi connectivity index (χ1) is 8.59. The molecule has 0 unspecified atom stereocenters. The van der Waals surface area contributed by atoms with Crippen molar-refractivity contribution in [1.82, 2.24) is 0 Å². The van der Waals surface area contributed by atoms with Gasteiger partial charge in [-0.15, -0.1) is 0 Å². The van der Waals surface area contributed by atoms with E-state index in [4.69, 9.17) is 9.79 Å². The number of aryl methyl sites for hydroxylation is 1. The summed E-state index contributed by atoms with van der Waals surface area (Å²) in [5.41, 5.74) is 2.16. The van der Waals surface area contributed by atoms with Crippen molar-refractivity contribution in [2.75, 3.05) is 6.16 Å². The molecule has 4 nitrogen and oxygen atoms in total. The molecule has 3 N–H and O–H groups in total. The maximum atomic E-state index is 10.8. The highest BCUT2D eigenvalue weighted by molar-refractivity contribution is 7.51. The lowest BCUT2D eigenvalue weighted by Gasteiger charge is -2.23. The fraction of sp³-hybridized carbons (Fsp3) is 0.571. The van der Waals surface area contributed by atoms with Crippen molar-refractivity contribution >= 4 is 7.60 Å². The van der Waals surface area contributed by atoms with E-state index < -0.39 is 7.60 Å². The molecule has 0 fully saturated rings. The summed E-state index contributed by atoms with van der Waals surface area (Å²) in [4.78, 5) is 17.6. The number of hydrogen-bond donors (Lipinski definition) is 3. The molecule has 1 aromatic carbocycles. The fourth-order valence-corrected chi connectivity index (χ4v) is 2.75. The number of rotatable bonds is 5. The lowest BCUT2D eigenvalue weighted by molar-refractivity contribution is 0.371. The Morgan fingerprint density at radius 1 is 1.16 bits per heavy atom. The quantitative estimate of drug-likeness (QED) is 0.574. The summed E-state index contributed by atoms with van der Waals surface area (Å²) in [5, 5.41) is 9.58. The molecule has 0 spiro atoms. The van der Waals surface area contributed by atoms with E-state index in [1.54, 1.807) is 12.1 Å². The molecule has 0 bridgehead atoms. The minimum atomic E-state index is -3.88. The first kappa shape index (κ1) is 16.2. The van der Waals surface area contributed by atoms with Crippen LogP contribution in [0, 0.1) is 0 Å². The smallest absolute Gasteiger partial charge is 0.325 e. The van der Waals surface area contributed by atoms with Gasteiger partial charge in [0.2, 0.25) is 0 Å². The summed E-state index contributed by atoms with van der Waals surface area (Å²) in [7, 11) is -3.88. The normalized spacial score (nSPS) is 12.7. The lowest BCUT2D eigenvalue weighted by atomic mass is 9.82. The molecule has 5 heteroatoms. The average molecular weight is 286 g/mol. The van der Waals surface area contributed by atoms with Crippen molar-refractivity contribution in [3.05, 3.63) is 29.3 Å². The molecule has 0 amide bonds. The Morgan fingerprint density at radius 3 is 2.32 bits per heavy atom. The van der Waals surface area contributed by atoms with Crippen LogP contribution in [0.1, 0.15) is 44.7 Å². The molecule has 1 aromatic rings. The van der Waals surface area contributed by atoms with E-state index in [1.807, 2.05) is 6.07 Å². The third-order valence-electron chi connectivity index (χ3n) is 3.05. The zero-order chi connectivity index (χ0) is 14.7. The third-order valence-corrected chi connectivity index (χ3v) is 3.95. The van der Waals surface area contributed by atoms with E-state index in [0.717, 1.165) is 24.0 Å². The van der Waals surface area contributed by atoms with Crippen LogP contribution in [-0.4, -0.2) is 21.1 Å². The second-order valence-electron chi connectivity index (χ2n) is 5.94. The van der Waals surface area contributed by atoms with Crippen molar-refractivity contribution in [2.45, 2.75) is 45.4 Å². The maximum absolute atomic E-state index is 10.8. The molecule has 0 radical (unpaired) electrons. The van der Waals surface area contributed by atoms with Gasteiger partial charge in [0.15, 0.2) is 0 Å². The Labute approximate surface area is 114 Å². The number of unbranched alkanes of at least 4 members (excludes halogenated alkanes) is 1. The van der Waals surface area contributed by atoms with Gasteiger partial charge in [0.25, 0.3) is 0 Å². The Kier molecular flexibility index (Phi) is 5.19. The Morgan fingerprint density at radius 2 is 1.79 bits per heavy atom. The third kappa shape index (κ3) is 5.77. The van der Waals surface area contributed by atoms with E-state index in [2.05, 4.69) is 20.8 Å². The second-order valence-corrected chi connectivity index (χ2v) is 7.71. The lowest BCUT2D eigenvalue weighted by Crippen LogP contribution is -2.14. The van der Waals surface area contributed by atoms with Crippen molar-refractivity contribution in [1.29, 1.82) is 0 Å². The molecule has 0 aliphatic rings. The number of aromatic hydroxyl groups is 1. The molecule has 0 heterocycles. The predicted molar refractivity (Wildman–Crippen MR) is 76.7 cm³/mol. The van der Waals surface area contributed by atoms with Crippen LogP contribution in [0.2, 0.25) is 0 Å². The van der Waals surface area contributed by atoms with Crippen LogP contribution in [0.15, 0.2) is 18.2 Å².